The van der Waals surface area contributed by atoms with E-state index in [1.807, 2.05) is 6.07 Å². The topological polar surface area (TPSA) is 12.0 Å². The molecule has 0 aliphatic rings. The largest absolute Gasteiger partial charge is 0.310 e. The maximum Gasteiger partial charge on any atom is 0.124 e. The van der Waals surface area contributed by atoms with Crippen LogP contribution in [0.2, 0.25) is 0 Å². The third kappa shape index (κ3) is 3.58. The number of rotatable bonds is 5. The third-order valence-electron chi connectivity index (χ3n) is 2.39. The first-order valence-electron chi connectivity index (χ1n) is 5.37. The van der Waals surface area contributed by atoms with Gasteiger partial charge in [0.25, 0.3) is 0 Å². The van der Waals surface area contributed by atoms with Gasteiger partial charge < -0.3 is 5.32 Å². The lowest BCUT2D eigenvalue weighted by Crippen LogP contribution is -2.21. The van der Waals surface area contributed by atoms with Crippen molar-refractivity contribution in [2.75, 3.05) is 6.54 Å². The number of hydrogen-bond donors (Lipinski definition) is 1. The van der Waals surface area contributed by atoms with Gasteiger partial charge in [-0.2, -0.15) is 0 Å². The highest BCUT2D eigenvalue weighted by molar-refractivity contribution is 9.10. The minimum atomic E-state index is -0.198. The van der Waals surface area contributed by atoms with Crippen molar-refractivity contribution in [3.05, 3.63) is 34.1 Å². The second-order valence-corrected chi connectivity index (χ2v) is 4.44. The molecular weight excluding hydrogens is 257 g/mol. The van der Waals surface area contributed by atoms with E-state index in [4.69, 9.17) is 0 Å². The van der Waals surface area contributed by atoms with Gasteiger partial charge in [0.1, 0.15) is 5.82 Å². The molecule has 0 saturated heterocycles. The summed E-state index contributed by atoms with van der Waals surface area (Å²) in [5, 5.41) is 3.44. The summed E-state index contributed by atoms with van der Waals surface area (Å²) >= 11 is 3.40. The average molecular weight is 274 g/mol. The van der Waals surface area contributed by atoms with E-state index in [2.05, 4.69) is 35.1 Å². The first-order valence-corrected chi connectivity index (χ1v) is 6.16. The number of nitrogens with one attached hydrogen (secondary N) is 1. The quantitative estimate of drug-likeness (QED) is 0.854. The molecule has 0 spiro atoms. The van der Waals surface area contributed by atoms with Crippen molar-refractivity contribution in [1.82, 2.24) is 5.32 Å². The fraction of sp³-hybridized carbons (Fsp3) is 0.500. The maximum atomic E-state index is 12.9. The van der Waals surface area contributed by atoms with Gasteiger partial charge in [-0.15, -0.1) is 0 Å². The standard InChI is InChI=1S/C12H17BrFN/c1-3-7-15-12(4-2)10-6-5-9(14)8-11(10)13/h5-6,8,12,15H,3-4,7H2,1-2H3. The van der Waals surface area contributed by atoms with E-state index in [1.165, 1.54) is 12.1 Å². The summed E-state index contributed by atoms with van der Waals surface area (Å²) in [5.74, 6) is -0.198. The third-order valence-corrected chi connectivity index (χ3v) is 3.07. The molecule has 84 valence electrons. The summed E-state index contributed by atoms with van der Waals surface area (Å²) in [6.07, 6.45) is 2.11. The van der Waals surface area contributed by atoms with Crippen LogP contribution in [-0.4, -0.2) is 6.54 Å². The monoisotopic (exact) mass is 273 g/mol. The molecule has 0 bridgehead atoms. The van der Waals surface area contributed by atoms with Gasteiger partial charge in [-0.3, -0.25) is 0 Å². The van der Waals surface area contributed by atoms with E-state index in [0.29, 0.717) is 6.04 Å². The van der Waals surface area contributed by atoms with Crippen molar-refractivity contribution in [2.24, 2.45) is 0 Å². The van der Waals surface area contributed by atoms with E-state index in [9.17, 15) is 4.39 Å². The summed E-state index contributed by atoms with van der Waals surface area (Å²) < 4.78 is 13.8. The summed E-state index contributed by atoms with van der Waals surface area (Å²) in [5.41, 5.74) is 1.13. The molecule has 0 aliphatic carbocycles. The molecule has 0 fully saturated rings. The minimum absolute atomic E-state index is 0.198. The zero-order valence-electron chi connectivity index (χ0n) is 9.19. The summed E-state index contributed by atoms with van der Waals surface area (Å²) in [7, 11) is 0. The molecule has 1 N–H and O–H groups in total. The van der Waals surface area contributed by atoms with E-state index < -0.39 is 0 Å². The van der Waals surface area contributed by atoms with Gasteiger partial charge in [0.15, 0.2) is 0 Å². The lowest BCUT2D eigenvalue weighted by Gasteiger charge is -2.18. The lowest BCUT2D eigenvalue weighted by molar-refractivity contribution is 0.515. The second-order valence-electron chi connectivity index (χ2n) is 3.58. The van der Waals surface area contributed by atoms with Crippen LogP contribution in [0.15, 0.2) is 22.7 Å². The van der Waals surface area contributed by atoms with Crippen LogP contribution < -0.4 is 5.32 Å². The highest BCUT2D eigenvalue weighted by atomic mass is 79.9. The molecule has 0 aliphatic heterocycles. The minimum Gasteiger partial charge on any atom is -0.310 e. The Labute approximate surface area is 99.2 Å². The van der Waals surface area contributed by atoms with Gasteiger partial charge >= 0.3 is 0 Å². The Bertz CT molecular complexity index is 314. The molecule has 1 atom stereocenters. The Hall–Kier alpha value is -0.410. The van der Waals surface area contributed by atoms with Crippen LogP contribution in [0, 0.1) is 5.82 Å². The van der Waals surface area contributed by atoms with Crippen LogP contribution in [0.3, 0.4) is 0 Å². The summed E-state index contributed by atoms with van der Waals surface area (Å²) in [6, 6.07) is 5.18. The molecule has 0 heterocycles. The first-order chi connectivity index (χ1) is 7.19. The van der Waals surface area contributed by atoms with Crippen LogP contribution in [0.1, 0.15) is 38.3 Å². The molecule has 0 saturated carbocycles. The molecule has 3 heteroatoms. The fourth-order valence-corrected chi connectivity index (χ4v) is 2.20. The summed E-state index contributed by atoms with van der Waals surface area (Å²) in [6.45, 7) is 5.25. The van der Waals surface area contributed by atoms with Gasteiger partial charge in [0.2, 0.25) is 0 Å². The van der Waals surface area contributed by atoms with Crippen molar-refractivity contribution < 1.29 is 4.39 Å². The van der Waals surface area contributed by atoms with E-state index in [-0.39, 0.29) is 5.82 Å². The molecule has 1 unspecified atom stereocenters. The zero-order valence-corrected chi connectivity index (χ0v) is 10.8. The Morgan fingerprint density at radius 3 is 2.67 bits per heavy atom. The fourth-order valence-electron chi connectivity index (χ4n) is 1.58. The highest BCUT2D eigenvalue weighted by Crippen LogP contribution is 2.26. The maximum absolute atomic E-state index is 12.9. The first kappa shape index (κ1) is 12.7. The smallest absolute Gasteiger partial charge is 0.124 e. The Kier molecular flexibility index (Phi) is 5.26. The van der Waals surface area contributed by atoms with E-state index >= 15 is 0 Å². The number of halogens is 2. The molecule has 1 aromatic carbocycles. The van der Waals surface area contributed by atoms with Crippen LogP contribution in [0.25, 0.3) is 0 Å². The van der Waals surface area contributed by atoms with Crippen LogP contribution in [-0.2, 0) is 0 Å². The number of benzene rings is 1. The Morgan fingerprint density at radius 1 is 1.40 bits per heavy atom. The lowest BCUT2D eigenvalue weighted by atomic mass is 10.0. The van der Waals surface area contributed by atoms with Gasteiger partial charge in [-0.1, -0.05) is 35.8 Å². The van der Waals surface area contributed by atoms with Crippen molar-refractivity contribution >= 4 is 15.9 Å². The van der Waals surface area contributed by atoms with Crippen molar-refractivity contribution in [2.45, 2.75) is 32.7 Å². The van der Waals surface area contributed by atoms with Crippen molar-refractivity contribution in [1.29, 1.82) is 0 Å². The summed E-state index contributed by atoms with van der Waals surface area (Å²) in [4.78, 5) is 0. The Balaban J connectivity index is 2.81. The van der Waals surface area contributed by atoms with Gasteiger partial charge in [0, 0.05) is 10.5 Å². The predicted molar refractivity (Wildman–Crippen MR) is 65.4 cm³/mol. The average Bonchev–Trinajstić information content (AvgIpc) is 2.21. The molecule has 0 amide bonds. The van der Waals surface area contributed by atoms with Gasteiger partial charge in [-0.25, -0.2) is 4.39 Å². The molecular formula is C12H17BrFN. The van der Waals surface area contributed by atoms with Crippen LogP contribution >= 0.6 is 15.9 Å². The molecule has 15 heavy (non-hydrogen) atoms. The van der Waals surface area contributed by atoms with Gasteiger partial charge in [0.05, 0.1) is 0 Å². The van der Waals surface area contributed by atoms with E-state index in [1.54, 1.807) is 0 Å². The second kappa shape index (κ2) is 6.23. The molecule has 1 rings (SSSR count). The molecule has 1 aromatic rings. The van der Waals surface area contributed by atoms with Crippen LogP contribution in [0.4, 0.5) is 4.39 Å². The number of hydrogen-bond acceptors (Lipinski definition) is 1. The Morgan fingerprint density at radius 2 is 2.13 bits per heavy atom. The van der Waals surface area contributed by atoms with Crippen molar-refractivity contribution in [3.8, 4) is 0 Å². The molecule has 1 nitrogen and oxygen atoms in total. The van der Waals surface area contributed by atoms with Crippen molar-refractivity contribution in [3.63, 3.8) is 0 Å². The van der Waals surface area contributed by atoms with E-state index in [0.717, 1.165) is 29.4 Å². The molecule has 0 radical (unpaired) electrons. The SMILES string of the molecule is CCCNC(CC)c1ccc(F)cc1Br. The predicted octanol–water partition coefficient (Wildman–Crippen LogP) is 4.04. The zero-order chi connectivity index (χ0) is 11.3. The molecule has 0 aromatic heterocycles. The van der Waals surface area contributed by atoms with Gasteiger partial charge in [-0.05, 0) is 37.1 Å². The van der Waals surface area contributed by atoms with Crippen LogP contribution in [0.5, 0.6) is 0 Å². The normalized spacial score (nSPS) is 12.8. The highest BCUT2D eigenvalue weighted by Gasteiger charge is 2.11.